The molecule has 1 aromatic carbocycles. The predicted molar refractivity (Wildman–Crippen MR) is 55.4 cm³/mol. The van der Waals surface area contributed by atoms with Gasteiger partial charge in [0.15, 0.2) is 0 Å². The molecule has 0 spiro atoms. The first-order valence-electron chi connectivity index (χ1n) is 4.62. The third-order valence-electron chi connectivity index (χ3n) is 2.37. The molecular weight excluding hydrogens is 174 g/mol. The lowest BCUT2D eigenvalue weighted by Gasteiger charge is -2.08. The van der Waals surface area contributed by atoms with Crippen molar-refractivity contribution in [3.63, 3.8) is 0 Å². The monoisotopic (exact) mass is 183 g/mol. The van der Waals surface area contributed by atoms with Crippen LogP contribution in [-0.2, 0) is 0 Å². The number of fused-ring (bicyclic) bond motifs is 2. The first kappa shape index (κ1) is 7.56. The number of hydrogen-bond donors (Lipinski definition) is 0. The summed E-state index contributed by atoms with van der Waals surface area (Å²) in [6.07, 6.45) is 9.80. The molecule has 0 aromatic heterocycles. The Hall–Kier alpha value is -1.83. The van der Waals surface area contributed by atoms with Crippen LogP contribution in [0.2, 0.25) is 0 Å². The Morgan fingerprint density at radius 1 is 1.29 bits per heavy atom. The molecule has 2 aliphatic heterocycles. The van der Waals surface area contributed by atoms with Crippen LogP contribution in [0.3, 0.4) is 0 Å². The van der Waals surface area contributed by atoms with Crippen LogP contribution in [0, 0.1) is 0 Å². The van der Waals surface area contributed by atoms with Gasteiger partial charge in [0.2, 0.25) is 0 Å². The third-order valence-corrected chi connectivity index (χ3v) is 2.37. The minimum absolute atomic E-state index is 0.769. The average molecular weight is 183 g/mol. The summed E-state index contributed by atoms with van der Waals surface area (Å²) in [6, 6.07) is 4.10. The van der Waals surface area contributed by atoms with E-state index in [9.17, 15) is 0 Å². The van der Waals surface area contributed by atoms with E-state index in [1.165, 1.54) is 5.56 Å². The maximum atomic E-state index is 5.39. The van der Waals surface area contributed by atoms with Gasteiger partial charge in [-0.1, -0.05) is 12.2 Å². The number of nitrogens with zero attached hydrogens (tertiary/aromatic N) is 1. The molecular formula is C12H9NO. The van der Waals surface area contributed by atoms with Gasteiger partial charge in [-0.15, -0.1) is 0 Å². The fraction of sp³-hybridized carbons (Fsp3) is 0.0833. The van der Waals surface area contributed by atoms with E-state index in [4.69, 9.17) is 4.74 Å². The second-order valence-corrected chi connectivity index (χ2v) is 3.30. The molecule has 1 aromatic rings. The summed E-state index contributed by atoms with van der Waals surface area (Å²) in [5, 5.41) is 2.14. The van der Waals surface area contributed by atoms with Crippen molar-refractivity contribution in [3.05, 3.63) is 46.7 Å². The molecule has 3 rings (SSSR count). The fourth-order valence-electron chi connectivity index (χ4n) is 1.69. The van der Waals surface area contributed by atoms with Crippen molar-refractivity contribution in [1.82, 2.24) is 0 Å². The molecule has 0 aliphatic carbocycles. The Kier molecular flexibility index (Phi) is 1.53. The summed E-state index contributed by atoms with van der Waals surface area (Å²) in [7, 11) is 0. The molecule has 2 heteroatoms. The standard InChI is InChI=1S/C12H9NO/c1-3-9-7-10-4-2-6-14-12(10)8-11(9)13-5-1/h1-4,6-8H,5H2. The fourth-order valence-corrected chi connectivity index (χ4v) is 1.69. The number of rotatable bonds is 0. The molecule has 2 nitrogen and oxygen atoms in total. The molecule has 0 atom stereocenters. The Labute approximate surface area is 81.5 Å². The quantitative estimate of drug-likeness (QED) is 0.588. The van der Waals surface area contributed by atoms with Crippen molar-refractivity contribution >= 4 is 12.2 Å². The van der Waals surface area contributed by atoms with Crippen LogP contribution in [-0.4, -0.2) is 6.54 Å². The van der Waals surface area contributed by atoms with E-state index in [2.05, 4.69) is 23.2 Å². The first-order valence-corrected chi connectivity index (χ1v) is 4.62. The van der Waals surface area contributed by atoms with Crippen LogP contribution < -0.4 is 15.3 Å². The molecule has 0 fully saturated rings. The van der Waals surface area contributed by atoms with Crippen LogP contribution in [0.15, 0.2) is 35.5 Å². The lowest BCUT2D eigenvalue weighted by Crippen LogP contribution is -2.18. The molecule has 14 heavy (non-hydrogen) atoms. The van der Waals surface area contributed by atoms with Gasteiger partial charge in [-0.25, -0.2) is 0 Å². The first-order chi connectivity index (χ1) is 6.93. The minimum atomic E-state index is 0.769. The van der Waals surface area contributed by atoms with Gasteiger partial charge >= 0.3 is 0 Å². The predicted octanol–water partition coefficient (Wildman–Crippen LogP) is 1.02. The normalized spacial score (nSPS) is 16.0. The summed E-state index contributed by atoms with van der Waals surface area (Å²) in [5.74, 6) is 0.894. The Balaban J connectivity index is 2.37. The van der Waals surface area contributed by atoms with E-state index in [0.717, 1.165) is 22.9 Å². The second kappa shape index (κ2) is 2.84. The van der Waals surface area contributed by atoms with E-state index in [0.29, 0.717) is 0 Å². The molecule has 0 saturated carbocycles. The molecule has 0 amide bonds. The van der Waals surface area contributed by atoms with Crippen LogP contribution in [0.25, 0.3) is 12.2 Å². The zero-order chi connectivity index (χ0) is 9.38. The lowest BCUT2D eigenvalue weighted by atomic mass is 10.1. The summed E-state index contributed by atoms with van der Waals surface area (Å²) >= 11 is 0. The van der Waals surface area contributed by atoms with Gasteiger partial charge in [0.05, 0.1) is 18.2 Å². The number of allylic oxidation sites excluding steroid dienone is 1. The second-order valence-electron chi connectivity index (χ2n) is 3.30. The average Bonchev–Trinajstić information content (AvgIpc) is 2.26. The van der Waals surface area contributed by atoms with Crippen LogP contribution in [0.4, 0.5) is 0 Å². The summed E-state index contributed by atoms with van der Waals surface area (Å²) in [5.41, 5.74) is 1.17. The van der Waals surface area contributed by atoms with Crippen LogP contribution in [0.1, 0.15) is 5.56 Å². The van der Waals surface area contributed by atoms with Gasteiger partial charge in [-0.3, -0.25) is 4.99 Å². The summed E-state index contributed by atoms with van der Waals surface area (Å²) in [4.78, 5) is 4.40. The lowest BCUT2D eigenvalue weighted by molar-refractivity contribution is 0.474. The minimum Gasteiger partial charge on any atom is -0.464 e. The summed E-state index contributed by atoms with van der Waals surface area (Å²) in [6.45, 7) is 0.769. The molecule has 0 radical (unpaired) electrons. The van der Waals surface area contributed by atoms with Gasteiger partial charge < -0.3 is 4.74 Å². The number of hydrogen-bond acceptors (Lipinski definition) is 2. The molecule has 2 aliphatic rings. The Morgan fingerprint density at radius 2 is 2.29 bits per heavy atom. The highest BCUT2D eigenvalue weighted by Gasteiger charge is 2.04. The van der Waals surface area contributed by atoms with Crippen molar-refractivity contribution in [1.29, 1.82) is 0 Å². The molecule has 2 heterocycles. The van der Waals surface area contributed by atoms with Crippen molar-refractivity contribution < 1.29 is 4.74 Å². The zero-order valence-corrected chi connectivity index (χ0v) is 7.60. The van der Waals surface area contributed by atoms with Crippen molar-refractivity contribution in [2.75, 3.05) is 6.54 Å². The molecule has 0 saturated heterocycles. The highest BCUT2D eigenvalue weighted by Crippen LogP contribution is 2.07. The molecule has 0 unspecified atom stereocenters. The van der Waals surface area contributed by atoms with Crippen molar-refractivity contribution in [2.24, 2.45) is 4.99 Å². The molecule has 0 N–H and O–H groups in total. The van der Waals surface area contributed by atoms with E-state index in [-0.39, 0.29) is 0 Å². The molecule has 68 valence electrons. The number of benzene rings is 1. The van der Waals surface area contributed by atoms with E-state index < -0.39 is 0 Å². The molecule has 0 bridgehead atoms. The highest BCUT2D eigenvalue weighted by molar-refractivity contribution is 5.55. The summed E-state index contributed by atoms with van der Waals surface area (Å²) < 4.78 is 5.39. The van der Waals surface area contributed by atoms with E-state index >= 15 is 0 Å². The maximum absolute atomic E-state index is 5.39. The Morgan fingerprint density at radius 3 is 3.29 bits per heavy atom. The number of ether oxygens (including phenoxy) is 1. The van der Waals surface area contributed by atoms with Gasteiger partial charge in [0, 0.05) is 16.8 Å². The van der Waals surface area contributed by atoms with Gasteiger partial charge in [-0.05, 0) is 18.2 Å². The highest BCUT2D eigenvalue weighted by atomic mass is 16.5. The largest absolute Gasteiger partial charge is 0.464 e. The zero-order valence-electron chi connectivity index (χ0n) is 7.60. The van der Waals surface area contributed by atoms with E-state index in [1.807, 2.05) is 18.2 Å². The SMILES string of the molecule is C1=COc2cc3c(cc2=C1)C=CCN=3. The maximum Gasteiger partial charge on any atom is 0.135 e. The van der Waals surface area contributed by atoms with Gasteiger partial charge in [0.1, 0.15) is 5.75 Å². The smallest absolute Gasteiger partial charge is 0.135 e. The van der Waals surface area contributed by atoms with Crippen LogP contribution in [0.5, 0.6) is 5.75 Å². The van der Waals surface area contributed by atoms with E-state index in [1.54, 1.807) is 6.26 Å². The van der Waals surface area contributed by atoms with Crippen molar-refractivity contribution in [3.8, 4) is 5.75 Å². The Bertz CT molecular complexity index is 552. The topological polar surface area (TPSA) is 21.6 Å². The third kappa shape index (κ3) is 1.08. The van der Waals surface area contributed by atoms with Gasteiger partial charge in [-0.2, -0.15) is 0 Å². The van der Waals surface area contributed by atoms with Crippen molar-refractivity contribution in [2.45, 2.75) is 0 Å². The van der Waals surface area contributed by atoms with Crippen LogP contribution >= 0.6 is 0 Å². The van der Waals surface area contributed by atoms with Gasteiger partial charge in [0.25, 0.3) is 0 Å².